The van der Waals surface area contributed by atoms with E-state index >= 15 is 0 Å². The molecule has 1 amide bonds. The van der Waals surface area contributed by atoms with E-state index in [-0.39, 0.29) is 48.1 Å². The second kappa shape index (κ2) is 14.2. The molecule has 0 unspecified atom stereocenters. The van der Waals surface area contributed by atoms with Gasteiger partial charge in [-0.25, -0.2) is 13.4 Å². The van der Waals surface area contributed by atoms with Crippen molar-refractivity contribution >= 4 is 21.4 Å². The van der Waals surface area contributed by atoms with E-state index < -0.39 is 52.3 Å². The van der Waals surface area contributed by atoms with Crippen molar-refractivity contribution in [1.29, 1.82) is 5.26 Å². The number of hydrogen-bond acceptors (Lipinski definition) is 8. The largest absolute Gasteiger partial charge is 0.489 e. The van der Waals surface area contributed by atoms with Gasteiger partial charge in [-0.3, -0.25) is 4.79 Å². The summed E-state index contributed by atoms with van der Waals surface area (Å²) in [6, 6.07) is 13.7. The van der Waals surface area contributed by atoms with Gasteiger partial charge in [0.2, 0.25) is 0 Å². The van der Waals surface area contributed by atoms with Crippen LogP contribution in [0.15, 0.2) is 71.8 Å². The topological polar surface area (TPSA) is 122 Å². The minimum atomic E-state index is -4.50. The maximum absolute atomic E-state index is 13.0. The zero-order chi connectivity index (χ0) is 32.8. The van der Waals surface area contributed by atoms with Crippen molar-refractivity contribution in [2.45, 2.75) is 55.6 Å². The van der Waals surface area contributed by atoms with Gasteiger partial charge < -0.3 is 19.7 Å². The SMILES string of the molecule is CCS(=O)(=O)c1ccc([C@H](CC#N)NC(=O)c2ccc(N3C[C@H](Oc4ccc(C(F)(F)F)cc4)C[C@H]3COC(F)F)cn2)cc1. The summed E-state index contributed by atoms with van der Waals surface area (Å²) in [7, 11) is -3.42. The van der Waals surface area contributed by atoms with E-state index in [2.05, 4.69) is 15.0 Å². The van der Waals surface area contributed by atoms with Gasteiger partial charge in [-0.2, -0.15) is 27.2 Å². The fourth-order valence-corrected chi connectivity index (χ4v) is 5.76. The fraction of sp³-hybridized carbons (Fsp3) is 0.367. The molecular formula is C30H29F5N4O5S. The maximum Gasteiger partial charge on any atom is 0.416 e. The fourth-order valence-electron chi connectivity index (χ4n) is 4.87. The molecule has 1 fully saturated rings. The van der Waals surface area contributed by atoms with Crippen LogP contribution in [0.4, 0.5) is 27.6 Å². The molecular weight excluding hydrogens is 623 g/mol. The van der Waals surface area contributed by atoms with E-state index in [4.69, 9.17) is 4.74 Å². The van der Waals surface area contributed by atoms with Crippen LogP contribution in [-0.4, -0.2) is 57.0 Å². The summed E-state index contributed by atoms with van der Waals surface area (Å²) in [5.41, 5.74) is 0.161. The number of sulfone groups is 1. The number of pyridine rings is 1. The first-order chi connectivity index (χ1) is 21.3. The Morgan fingerprint density at radius 1 is 1.11 bits per heavy atom. The highest BCUT2D eigenvalue weighted by molar-refractivity contribution is 7.91. The van der Waals surface area contributed by atoms with Crippen LogP contribution in [0, 0.1) is 11.3 Å². The molecule has 4 rings (SSSR count). The van der Waals surface area contributed by atoms with Crippen molar-refractivity contribution in [2.24, 2.45) is 0 Å². The lowest BCUT2D eigenvalue weighted by Gasteiger charge is -2.26. The average Bonchev–Trinajstić information content (AvgIpc) is 3.42. The van der Waals surface area contributed by atoms with E-state index in [9.17, 15) is 40.4 Å². The third-order valence-electron chi connectivity index (χ3n) is 7.21. The maximum atomic E-state index is 13.0. The van der Waals surface area contributed by atoms with Gasteiger partial charge in [0.05, 0.1) is 65.8 Å². The molecule has 1 aromatic heterocycles. The molecule has 3 atom stereocenters. The molecule has 1 saturated heterocycles. The van der Waals surface area contributed by atoms with Crippen molar-refractivity contribution in [2.75, 3.05) is 23.8 Å². The minimum Gasteiger partial charge on any atom is -0.489 e. The van der Waals surface area contributed by atoms with E-state index in [0.29, 0.717) is 11.3 Å². The van der Waals surface area contributed by atoms with Gasteiger partial charge in [-0.05, 0) is 54.1 Å². The minimum absolute atomic E-state index is 0.00371. The Kier molecular flexibility index (Phi) is 10.6. The van der Waals surface area contributed by atoms with Crippen molar-refractivity contribution in [3.63, 3.8) is 0 Å². The Morgan fingerprint density at radius 2 is 1.80 bits per heavy atom. The second-order valence-electron chi connectivity index (χ2n) is 10.2. The smallest absolute Gasteiger partial charge is 0.416 e. The first kappa shape index (κ1) is 33.6. The lowest BCUT2D eigenvalue weighted by molar-refractivity contribution is -0.137. The molecule has 2 heterocycles. The number of aromatic nitrogens is 1. The molecule has 0 bridgehead atoms. The predicted molar refractivity (Wildman–Crippen MR) is 152 cm³/mol. The molecule has 45 heavy (non-hydrogen) atoms. The molecule has 3 aromatic rings. The number of nitriles is 1. The summed E-state index contributed by atoms with van der Waals surface area (Å²) >= 11 is 0. The lowest BCUT2D eigenvalue weighted by Crippen LogP contribution is -2.34. The van der Waals surface area contributed by atoms with Crippen LogP contribution in [0.5, 0.6) is 5.75 Å². The van der Waals surface area contributed by atoms with Crippen LogP contribution in [0.1, 0.15) is 47.4 Å². The molecule has 15 heteroatoms. The van der Waals surface area contributed by atoms with E-state index in [1.54, 1.807) is 11.0 Å². The Balaban J connectivity index is 1.46. The molecule has 1 aliphatic rings. The van der Waals surface area contributed by atoms with Crippen molar-refractivity contribution in [1.82, 2.24) is 10.3 Å². The predicted octanol–water partition coefficient (Wildman–Crippen LogP) is 5.54. The number of amides is 1. The number of carbonyl (C=O) groups is 1. The van der Waals surface area contributed by atoms with E-state index in [0.717, 1.165) is 12.1 Å². The lowest BCUT2D eigenvalue weighted by atomic mass is 10.0. The quantitative estimate of drug-likeness (QED) is 0.253. The van der Waals surface area contributed by atoms with Crippen LogP contribution in [-0.2, 0) is 20.8 Å². The number of nitrogens with one attached hydrogen (secondary N) is 1. The number of halogens is 5. The van der Waals surface area contributed by atoms with Gasteiger partial charge in [0.15, 0.2) is 9.84 Å². The number of benzene rings is 2. The van der Waals surface area contributed by atoms with Crippen LogP contribution in [0.2, 0.25) is 0 Å². The summed E-state index contributed by atoms with van der Waals surface area (Å²) in [5, 5.41) is 12.0. The first-order valence-corrected chi connectivity index (χ1v) is 15.4. The molecule has 0 radical (unpaired) electrons. The first-order valence-electron chi connectivity index (χ1n) is 13.8. The second-order valence-corrected chi connectivity index (χ2v) is 12.4. The van der Waals surface area contributed by atoms with Gasteiger partial charge in [-0.1, -0.05) is 19.1 Å². The summed E-state index contributed by atoms with van der Waals surface area (Å²) in [6.07, 6.45) is -3.57. The van der Waals surface area contributed by atoms with Gasteiger partial charge in [-0.15, -0.1) is 0 Å². The van der Waals surface area contributed by atoms with Crippen LogP contribution < -0.4 is 15.0 Å². The van der Waals surface area contributed by atoms with Gasteiger partial charge in [0.1, 0.15) is 17.5 Å². The molecule has 1 N–H and O–H groups in total. The Hall–Kier alpha value is -4.29. The molecule has 240 valence electrons. The summed E-state index contributed by atoms with van der Waals surface area (Å²) < 4.78 is 98.9. The van der Waals surface area contributed by atoms with Crippen molar-refractivity contribution < 1.29 is 44.6 Å². The molecule has 0 aliphatic carbocycles. The van der Waals surface area contributed by atoms with Crippen LogP contribution in [0.25, 0.3) is 0 Å². The average molecular weight is 653 g/mol. The molecule has 0 saturated carbocycles. The Bertz CT molecular complexity index is 1600. The van der Waals surface area contributed by atoms with E-state index in [1.807, 2.05) is 6.07 Å². The monoisotopic (exact) mass is 652 g/mol. The van der Waals surface area contributed by atoms with Crippen molar-refractivity contribution in [3.05, 3.63) is 83.7 Å². The number of ether oxygens (including phenoxy) is 2. The molecule has 1 aliphatic heterocycles. The highest BCUT2D eigenvalue weighted by Crippen LogP contribution is 2.32. The number of alkyl halides is 5. The highest BCUT2D eigenvalue weighted by Gasteiger charge is 2.35. The highest BCUT2D eigenvalue weighted by atomic mass is 32.2. The Labute approximate surface area is 256 Å². The van der Waals surface area contributed by atoms with Crippen molar-refractivity contribution in [3.8, 4) is 11.8 Å². The number of carbonyl (C=O) groups excluding carboxylic acids is 1. The number of nitrogens with zero attached hydrogens (tertiary/aromatic N) is 3. The third-order valence-corrected chi connectivity index (χ3v) is 8.96. The molecule has 2 aromatic carbocycles. The molecule has 9 nitrogen and oxygen atoms in total. The summed E-state index contributed by atoms with van der Waals surface area (Å²) in [4.78, 5) is 19.0. The van der Waals surface area contributed by atoms with Gasteiger partial charge in [0.25, 0.3) is 5.91 Å². The van der Waals surface area contributed by atoms with Gasteiger partial charge in [0, 0.05) is 6.42 Å². The van der Waals surface area contributed by atoms with E-state index in [1.165, 1.54) is 55.6 Å². The Morgan fingerprint density at radius 3 is 2.36 bits per heavy atom. The standard InChI is InChI=1S/C30H29F5N4O5S/c1-2-45(41,42)25-10-3-19(4-11-25)26(13-14-36)38-28(40)27-12-7-21(16-37-27)39-17-24(15-22(39)18-43-29(31)32)44-23-8-5-20(6-9-23)30(33,34)35/h3-12,16,22,24,26,29H,2,13,15,17-18H2,1H3,(H,38,40)/t22-,24+,26-/m0/s1. The summed E-state index contributed by atoms with van der Waals surface area (Å²) in [5.74, 6) is -0.493. The van der Waals surface area contributed by atoms with Crippen LogP contribution in [0.3, 0.4) is 0 Å². The van der Waals surface area contributed by atoms with Crippen LogP contribution >= 0.6 is 0 Å². The van der Waals surface area contributed by atoms with Gasteiger partial charge >= 0.3 is 12.8 Å². The zero-order valence-corrected chi connectivity index (χ0v) is 24.7. The number of anilines is 1. The number of rotatable bonds is 12. The number of hydrogen-bond donors (Lipinski definition) is 1. The zero-order valence-electron chi connectivity index (χ0n) is 23.9. The normalized spacial score (nSPS) is 17.6. The summed E-state index contributed by atoms with van der Waals surface area (Å²) in [6.45, 7) is -1.67. The third kappa shape index (κ3) is 8.67. The molecule has 0 spiro atoms.